The number of hydroxylamine groups is 1. The second-order valence-electron chi connectivity index (χ2n) is 12.3. The Labute approximate surface area is 290 Å². The number of unbranched alkanes of at least 4 members (excludes halogenated alkanes) is 26. The summed E-state index contributed by atoms with van der Waals surface area (Å²) in [5.74, 6) is -0.396. The van der Waals surface area contributed by atoms with Crippen molar-refractivity contribution in [1.82, 2.24) is 5.48 Å². The number of ether oxygens (including phenoxy) is 1. The van der Waals surface area contributed by atoms with Crippen LogP contribution < -0.4 is 5.48 Å². The molecule has 0 atom stereocenters. The maximum atomic E-state index is 11.8. The Balaban J connectivity index is 0. The molecule has 0 aliphatic rings. The molecule has 0 aliphatic heterocycles. The third kappa shape index (κ3) is 39.5. The van der Waals surface area contributed by atoms with Crippen molar-refractivity contribution in [2.45, 2.75) is 206 Å². The average molecular weight is 618 g/mol. The van der Waals surface area contributed by atoms with Crippen LogP contribution >= 0.6 is 0 Å². The number of carbonyl (C=O) groups is 2. The van der Waals surface area contributed by atoms with Crippen LogP contribution in [-0.4, -0.2) is 48.2 Å². The van der Waals surface area contributed by atoms with Crippen LogP contribution in [0.5, 0.6) is 0 Å². The molecule has 0 heterocycles. The van der Waals surface area contributed by atoms with Crippen LogP contribution in [0.4, 0.5) is 4.79 Å². The Bertz CT molecular complexity index is 599. The molecule has 0 saturated heterocycles. The summed E-state index contributed by atoms with van der Waals surface area (Å²) in [6.07, 6.45) is 41.2. The van der Waals surface area contributed by atoms with Crippen molar-refractivity contribution >= 4 is 41.6 Å². The van der Waals surface area contributed by atoms with Crippen LogP contribution in [0, 0.1) is 0 Å². The molecule has 43 heavy (non-hydrogen) atoms. The van der Waals surface area contributed by atoms with E-state index in [1.165, 1.54) is 148 Å². The quantitative estimate of drug-likeness (QED) is 0.0353. The van der Waals surface area contributed by atoms with Crippen molar-refractivity contribution in [2.75, 3.05) is 6.61 Å². The van der Waals surface area contributed by atoms with E-state index in [-0.39, 0.29) is 29.6 Å². The summed E-state index contributed by atoms with van der Waals surface area (Å²) in [5.41, 5.74) is 2.12. The van der Waals surface area contributed by atoms with Gasteiger partial charge in [0.2, 0.25) is 0 Å². The van der Waals surface area contributed by atoms with Crippen molar-refractivity contribution in [3.63, 3.8) is 0 Å². The Morgan fingerprint density at radius 3 is 1.26 bits per heavy atom. The predicted molar refractivity (Wildman–Crippen MR) is 187 cm³/mol. The first kappa shape index (κ1) is 44.6. The van der Waals surface area contributed by atoms with E-state index in [0.717, 1.165) is 38.5 Å². The summed E-state index contributed by atoms with van der Waals surface area (Å²) in [6.45, 7) is 4.91. The minimum absolute atomic E-state index is 0. The van der Waals surface area contributed by atoms with E-state index in [2.05, 4.69) is 31.5 Å². The number of rotatable bonds is 32. The first-order valence-corrected chi connectivity index (χ1v) is 18.5. The predicted octanol–water partition coefficient (Wildman–Crippen LogP) is 11.8. The van der Waals surface area contributed by atoms with E-state index in [9.17, 15) is 9.59 Å². The zero-order valence-corrected chi connectivity index (χ0v) is 28.2. The van der Waals surface area contributed by atoms with Crippen LogP contribution in [0.3, 0.4) is 0 Å². The first-order valence-electron chi connectivity index (χ1n) is 18.5. The van der Waals surface area contributed by atoms with Gasteiger partial charge in [0.1, 0.15) is 0 Å². The minimum atomic E-state index is -0.672. The van der Waals surface area contributed by atoms with Gasteiger partial charge in [-0.15, -0.1) is 5.48 Å². The molecule has 0 aromatic rings. The molecular weight excluding hydrogens is 545 g/mol. The molecule has 250 valence electrons. The Kier molecular flexibility index (Phi) is 41.0. The van der Waals surface area contributed by atoms with E-state index in [0.29, 0.717) is 13.0 Å². The molecular formula is C37H72NNaO4. The van der Waals surface area contributed by atoms with E-state index in [1.807, 2.05) is 0 Å². The molecule has 1 amide bonds. The average Bonchev–Trinajstić information content (AvgIpc) is 2.99. The van der Waals surface area contributed by atoms with E-state index < -0.39 is 12.1 Å². The van der Waals surface area contributed by atoms with Crippen molar-refractivity contribution in [3.8, 4) is 0 Å². The molecule has 0 unspecified atom stereocenters. The molecule has 0 aromatic carbocycles. The molecule has 5 nitrogen and oxygen atoms in total. The first-order chi connectivity index (χ1) is 20.7. The van der Waals surface area contributed by atoms with Crippen LogP contribution in [0.1, 0.15) is 206 Å². The Morgan fingerprint density at radius 2 is 0.837 bits per heavy atom. The van der Waals surface area contributed by atoms with Gasteiger partial charge in [-0.05, 0) is 38.5 Å². The zero-order chi connectivity index (χ0) is 30.6. The summed E-state index contributed by atoms with van der Waals surface area (Å²) in [5, 5.41) is 0. The van der Waals surface area contributed by atoms with Gasteiger partial charge in [0.25, 0.3) is 0 Å². The van der Waals surface area contributed by atoms with Gasteiger partial charge in [0.05, 0.1) is 6.61 Å². The molecule has 0 aromatic heterocycles. The Hall–Kier alpha value is -0.520. The summed E-state index contributed by atoms with van der Waals surface area (Å²) in [7, 11) is 0. The molecule has 0 rings (SSSR count). The number of hydrogen-bond acceptors (Lipinski definition) is 4. The SMILES string of the molecule is CCCCCCCC/C=C\CCCCCCCC(=O)ONC(=O)OCCCCCCCCCCCCCCCCCC.[NaH]. The van der Waals surface area contributed by atoms with Gasteiger partial charge in [0, 0.05) is 6.42 Å². The van der Waals surface area contributed by atoms with Crippen molar-refractivity contribution in [1.29, 1.82) is 0 Å². The topological polar surface area (TPSA) is 64.6 Å². The standard InChI is InChI=1S/C37H71NO4.Na.H/c1-3-5-7-9-11-13-15-17-19-21-23-25-27-29-31-33-35-41-37(40)38-42-36(39)34-32-30-28-26-24-22-20-18-16-14-12-10-8-6-4-2;;/h18,20H,3-17,19,21-35H2,1-2H3,(H,38,40);;/b20-18-;;. The zero-order valence-electron chi connectivity index (χ0n) is 28.2. The van der Waals surface area contributed by atoms with Crippen LogP contribution in [0.25, 0.3) is 0 Å². The van der Waals surface area contributed by atoms with E-state index >= 15 is 0 Å². The van der Waals surface area contributed by atoms with Crippen LogP contribution in [0.2, 0.25) is 0 Å². The number of amides is 1. The number of carbonyl (C=O) groups excluding carboxylic acids is 2. The molecule has 0 bridgehead atoms. The Morgan fingerprint density at radius 1 is 0.488 bits per heavy atom. The summed E-state index contributed by atoms with van der Waals surface area (Å²) >= 11 is 0. The molecule has 0 aliphatic carbocycles. The van der Waals surface area contributed by atoms with Gasteiger partial charge in [-0.2, -0.15) is 0 Å². The molecule has 6 heteroatoms. The van der Waals surface area contributed by atoms with Crippen molar-refractivity contribution < 1.29 is 19.2 Å². The summed E-state index contributed by atoms with van der Waals surface area (Å²) in [6, 6.07) is 0. The number of allylic oxidation sites excluding steroid dienone is 2. The molecule has 1 N–H and O–H groups in total. The number of nitrogens with one attached hydrogen (secondary N) is 1. The molecule has 0 spiro atoms. The summed E-state index contributed by atoms with van der Waals surface area (Å²) in [4.78, 5) is 28.4. The fourth-order valence-corrected chi connectivity index (χ4v) is 5.33. The van der Waals surface area contributed by atoms with Crippen LogP contribution in [-0.2, 0) is 14.4 Å². The molecule has 0 radical (unpaired) electrons. The fourth-order valence-electron chi connectivity index (χ4n) is 5.33. The normalized spacial score (nSPS) is 11.0. The maximum absolute atomic E-state index is 11.8. The second kappa shape index (κ2) is 39.5. The third-order valence-electron chi connectivity index (χ3n) is 8.12. The fraction of sp³-hybridized carbons (Fsp3) is 0.892. The number of hydrogen-bond donors (Lipinski definition) is 1. The van der Waals surface area contributed by atoms with E-state index in [4.69, 9.17) is 9.57 Å². The third-order valence-corrected chi connectivity index (χ3v) is 8.12. The van der Waals surface area contributed by atoms with Gasteiger partial charge in [0.15, 0.2) is 0 Å². The van der Waals surface area contributed by atoms with Gasteiger partial charge in [-0.3, -0.25) is 0 Å². The second-order valence-corrected chi connectivity index (χ2v) is 12.3. The van der Waals surface area contributed by atoms with E-state index in [1.54, 1.807) is 0 Å². The van der Waals surface area contributed by atoms with Crippen molar-refractivity contribution in [2.24, 2.45) is 0 Å². The molecule has 0 saturated carbocycles. The van der Waals surface area contributed by atoms with Crippen molar-refractivity contribution in [3.05, 3.63) is 12.2 Å². The van der Waals surface area contributed by atoms with Gasteiger partial charge in [-0.1, -0.05) is 174 Å². The van der Waals surface area contributed by atoms with Gasteiger partial charge in [-0.25, -0.2) is 9.59 Å². The monoisotopic (exact) mass is 618 g/mol. The molecule has 0 fully saturated rings. The van der Waals surface area contributed by atoms with Gasteiger partial charge < -0.3 is 9.57 Å². The van der Waals surface area contributed by atoms with Crippen LogP contribution in [0.15, 0.2) is 12.2 Å². The van der Waals surface area contributed by atoms with Gasteiger partial charge >= 0.3 is 41.6 Å². The summed E-state index contributed by atoms with van der Waals surface area (Å²) < 4.78 is 5.11.